The fourth-order valence-corrected chi connectivity index (χ4v) is 8.80. The van der Waals surface area contributed by atoms with Gasteiger partial charge in [-0.15, -0.1) is 11.8 Å². The lowest BCUT2D eigenvalue weighted by molar-refractivity contribution is -0.376. The zero-order valence-electron chi connectivity index (χ0n) is 20.5. The van der Waals surface area contributed by atoms with E-state index in [0.29, 0.717) is 30.7 Å². The van der Waals surface area contributed by atoms with Gasteiger partial charge in [0, 0.05) is 36.9 Å². The Labute approximate surface area is 221 Å². The van der Waals surface area contributed by atoms with Gasteiger partial charge in [-0.1, -0.05) is 42.0 Å². The highest BCUT2D eigenvalue weighted by Crippen LogP contribution is 2.50. The van der Waals surface area contributed by atoms with Gasteiger partial charge in [0.1, 0.15) is 4.58 Å². The van der Waals surface area contributed by atoms with Gasteiger partial charge in [-0.05, 0) is 49.6 Å². The lowest BCUT2D eigenvalue weighted by Crippen LogP contribution is -2.57. The molecular formula is C25H28F6N2O3S2. The lowest BCUT2D eigenvalue weighted by Gasteiger charge is -2.43. The van der Waals surface area contributed by atoms with Crippen LogP contribution in [0.3, 0.4) is 0 Å². The van der Waals surface area contributed by atoms with Crippen LogP contribution in [0.5, 0.6) is 0 Å². The first-order valence-corrected chi connectivity index (χ1v) is 14.6. The first-order chi connectivity index (χ1) is 17.6. The number of alkyl halides is 6. The van der Waals surface area contributed by atoms with E-state index in [1.54, 1.807) is 4.90 Å². The van der Waals surface area contributed by atoms with Gasteiger partial charge in [-0.25, -0.2) is 8.42 Å². The van der Waals surface area contributed by atoms with E-state index in [1.165, 1.54) is 16.1 Å². The molecule has 2 atom stereocenters. The van der Waals surface area contributed by atoms with Gasteiger partial charge in [-0.2, -0.15) is 30.6 Å². The Balaban J connectivity index is 1.65. The molecule has 0 aromatic heterocycles. The minimum absolute atomic E-state index is 0.129. The van der Waals surface area contributed by atoms with Crippen molar-refractivity contribution < 1.29 is 39.9 Å². The number of aliphatic hydroxyl groups is 1. The molecule has 5 nitrogen and oxygen atoms in total. The van der Waals surface area contributed by atoms with Crippen LogP contribution in [0, 0.1) is 6.92 Å². The van der Waals surface area contributed by atoms with E-state index in [1.807, 2.05) is 31.2 Å². The van der Waals surface area contributed by atoms with E-state index in [9.17, 15) is 39.9 Å². The van der Waals surface area contributed by atoms with Crippen LogP contribution in [0.1, 0.15) is 29.5 Å². The summed E-state index contributed by atoms with van der Waals surface area (Å²) in [5, 5.41) is 9.72. The van der Waals surface area contributed by atoms with E-state index in [4.69, 9.17) is 0 Å². The van der Waals surface area contributed by atoms with Crippen molar-refractivity contribution in [2.45, 2.75) is 54.8 Å². The molecule has 4 rings (SSSR count). The van der Waals surface area contributed by atoms with Crippen molar-refractivity contribution >= 4 is 27.5 Å². The number of benzene rings is 2. The quantitative estimate of drug-likeness (QED) is 0.474. The number of piperazine rings is 1. The molecule has 0 saturated carbocycles. The Bertz CT molecular complexity index is 1210. The first kappa shape index (κ1) is 29.0. The summed E-state index contributed by atoms with van der Waals surface area (Å²) in [7, 11) is -3.57. The Morgan fingerprint density at radius 1 is 1.00 bits per heavy atom. The molecule has 0 amide bonds. The fraction of sp³-hybridized carbons (Fsp3) is 0.520. The van der Waals surface area contributed by atoms with Crippen molar-refractivity contribution in [3.8, 4) is 0 Å². The molecule has 1 N–H and O–H groups in total. The van der Waals surface area contributed by atoms with Crippen LogP contribution in [0.4, 0.5) is 32.0 Å². The monoisotopic (exact) mass is 582 g/mol. The summed E-state index contributed by atoms with van der Waals surface area (Å²) in [6.45, 7) is 2.39. The van der Waals surface area contributed by atoms with Crippen LogP contribution < -0.4 is 4.90 Å². The number of rotatable bonds is 6. The van der Waals surface area contributed by atoms with E-state index in [0.717, 1.165) is 35.4 Å². The highest BCUT2D eigenvalue weighted by atomic mass is 32.3. The SMILES string of the molecule is Cc1cccc(CC2CN(S(=O)(=O)C3CCCS3)CCN2c2ccc(C(O)(C(F)(F)F)C(F)(F)F)cc2)c1. The molecule has 2 unspecified atom stereocenters. The smallest absolute Gasteiger partial charge is 0.369 e. The zero-order chi connectivity index (χ0) is 27.9. The number of thioether (sulfide) groups is 1. The van der Waals surface area contributed by atoms with Gasteiger partial charge in [0.15, 0.2) is 0 Å². The average Bonchev–Trinajstić information content (AvgIpc) is 3.38. The average molecular weight is 583 g/mol. The summed E-state index contributed by atoms with van der Waals surface area (Å²) in [4.78, 5) is 1.81. The van der Waals surface area contributed by atoms with Gasteiger partial charge < -0.3 is 10.0 Å². The van der Waals surface area contributed by atoms with Crippen molar-refractivity contribution in [2.24, 2.45) is 0 Å². The second-order valence-electron chi connectivity index (χ2n) is 9.64. The molecule has 0 aliphatic carbocycles. The number of anilines is 1. The number of nitrogens with zero attached hydrogens (tertiary/aromatic N) is 2. The molecule has 38 heavy (non-hydrogen) atoms. The van der Waals surface area contributed by atoms with Gasteiger partial charge >= 0.3 is 12.4 Å². The predicted molar refractivity (Wildman–Crippen MR) is 134 cm³/mol. The number of halogens is 6. The number of sulfonamides is 1. The molecule has 2 aliphatic heterocycles. The minimum atomic E-state index is -5.97. The van der Waals surface area contributed by atoms with Crippen molar-refractivity contribution in [1.82, 2.24) is 4.31 Å². The molecule has 2 aliphatic rings. The van der Waals surface area contributed by atoms with Gasteiger partial charge in [-0.3, -0.25) is 0 Å². The zero-order valence-corrected chi connectivity index (χ0v) is 22.1. The molecule has 2 heterocycles. The lowest BCUT2D eigenvalue weighted by atomic mass is 9.92. The van der Waals surface area contributed by atoms with Gasteiger partial charge in [0.25, 0.3) is 5.60 Å². The molecular weight excluding hydrogens is 554 g/mol. The van der Waals surface area contributed by atoms with Crippen LogP contribution in [0.25, 0.3) is 0 Å². The molecule has 13 heteroatoms. The minimum Gasteiger partial charge on any atom is -0.369 e. The van der Waals surface area contributed by atoms with Crippen LogP contribution in [-0.2, 0) is 22.0 Å². The standard InChI is InChI=1S/C25H28F6N2O3S2/c1-17-4-2-5-18(14-17)15-21-16-32(38(35,36)22-6-3-13-37-22)11-12-33(21)20-9-7-19(8-10-20)23(34,24(26,27)28)25(29,30)31/h2,4-5,7-10,14,21-22,34H,3,6,11-13,15-16H2,1H3. The molecule has 2 fully saturated rings. The van der Waals surface area contributed by atoms with Crippen LogP contribution in [0.2, 0.25) is 0 Å². The van der Waals surface area contributed by atoms with E-state index >= 15 is 0 Å². The summed E-state index contributed by atoms with van der Waals surface area (Å²) < 4.78 is 107. The molecule has 2 aromatic rings. The number of hydrogen-bond donors (Lipinski definition) is 1. The second kappa shape index (κ2) is 10.5. The highest BCUT2D eigenvalue weighted by Gasteiger charge is 2.71. The molecule has 0 bridgehead atoms. The summed E-state index contributed by atoms with van der Waals surface area (Å²) in [6, 6.07) is 10.7. The van der Waals surface area contributed by atoms with Gasteiger partial charge in [0.2, 0.25) is 10.0 Å². The maximum Gasteiger partial charge on any atom is 0.430 e. The highest BCUT2D eigenvalue weighted by molar-refractivity contribution is 8.12. The predicted octanol–water partition coefficient (Wildman–Crippen LogP) is 5.22. The van der Waals surface area contributed by atoms with E-state index in [-0.39, 0.29) is 19.6 Å². The van der Waals surface area contributed by atoms with Crippen LogP contribution in [0.15, 0.2) is 48.5 Å². The topological polar surface area (TPSA) is 60.9 Å². The number of aryl methyl sites for hydroxylation is 1. The summed E-state index contributed by atoms with van der Waals surface area (Å²) >= 11 is 1.40. The van der Waals surface area contributed by atoms with Crippen LogP contribution in [-0.4, -0.2) is 66.2 Å². The van der Waals surface area contributed by atoms with Crippen molar-refractivity contribution in [1.29, 1.82) is 0 Å². The third kappa shape index (κ3) is 5.52. The Kier molecular flexibility index (Phi) is 8.06. The van der Waals surface area contributed by atoms with Crippen LogP contribution >= 0.6 is 11.8 Å². The maximum absolute atomic E-state index is 13.3. The van der Waals surface area contributed by atoms with Crippen molar-refractivity contribution in [2.75, 3.05) is 30.3 Å². The Morgan fingerprint density at radius 3 is 2.21 bits per heavy atom. The third-order valence-corrected chi connectivity index (χ3v) is 11.2. The molecule has 210 valence electrons. The number of hydrogen-bond acceptors (Lipinski definition) is 5. The fourth-order valence-electron chi connectivity index (χ4n) is 5.02. The third-order valence-electron chi connectivity index (χ3n) is 7.02. The molecule has 0 spiro atoms. The first-order valence-electron chi connectivity index (χ1n) is 12.0. The molecule has 2 aromatic carbocycles. The summed E-state index contributed by atoms with van der Waals surface area (Å²) in [5.41, 5.74) is -4.08. The van der Waals surface area contributed by atoms with Crippen molar-refractivity contribution in [3.63, 3.8) is 0 Å². The molecule has 2 saturated heterocycles. The summed E-state index contributed by atoms with van der Waals surface area (Å²) in [6.07, 6.45) is -10.1. The second-order valence-corrected chi connectivity index (χ2v) is 13.4. The maximum atomic E-state index is 13.3. The van der Waals surface area contributed by atoms with E-state index in [2.05, 4.69) is 0 Å². The van der Waals surface area contributed by atoms with E-state index < -0.39 is 44.2 Å². The molecule has 0 radical (unpaired) electrons. The van der Waals surface area contributed by atoms with Gasteiger partial charge in [0.05, 0.1) is 0 Å². The largest absolute Gasteiger partial charge is 0.430 e. The Morgan fingerprint density at radius 2 is 1.66 bits per heavy atom. The Hall–Kier alpha value is -1.96. The summed E-state index contributed by atoms with van der Waals surface area (Å²) in [5.74, 6) is 0.769. The normalized spacial score (nSPS) is 22.2. The van der Waals surface area contributed by atoms with Crippen molar-refractivity contribution in [3.05, 3.63) is 65.2 Å².